The molecule has 4 rings (SSSR count). The van der Waals surface area contributed by atoms with E-state index in [1.165, 1.54) is 5.56 Å². The van der Waals surface area contributed by atoms with E-state index in [4.69, 9.17) is 9.47 Å². The first-order valence-corrected chi connectivity index (χ1v) is 8.76. The smallest absolute Gasteiger partial charge is 0.228 e. The van der Waals surface area contributed by atoms with Gasteiger partial charge in [-0.1, -0.05) is 24.3 Å². The fraction of sp³-hybridized carbons (Fsp3) is 0.250. The molecule has 3 aromatic rings. The minimum absolute atomic E-state index is 0.0832. The molecule has 2 N–H and O–H groups in total. The third-order valence-electron chi connectivity index (χ3n) is 4.34. The SMILES string of the molecule is COCc1nc(-c2cccc(NC(=O)Cc3ccc4c(c3)OCC4)c2)n[nH]1. The van der Waals surface area contributed by atoms with Crippen molar-refractivity contribution in [3.8, 4) is 17.1 Å². The van der Waals surface area contributed by atoms with Crippen LogP contribution in [0.2, 0.25) is 0 Å². The number of benzene rings is 2. The van der Waals surface area contributed by atoms with Crippen molar-refractivity contribution in [2.45, 2.75) is 19.4 Å². The highest BCUT2D eigenvalue weighted by atomic mass is 16.5. The molecule has 0 spiro atoms. The van der Waals surface area contributed by atoms with Crippen molar-refractivity contribution in [3.05, 3.63) is 59.4 Å². The summed E-state index contributed by atoms with van der Waals surface area (Å²) in [4.78, 5) is 16.8. The topological polar surface area (TPSA) is 89.1 Å². The van der Waals surface area contributed by atoms with Crippen molar-refractivity contribution in [1.82, 2.24) is 15.2 Å². The zero-order chi connectivity index (χ0) is 18.6. The molecular formula is C20H20N4O3. The highest BCUT2D eigenvalue weighted by molar-refractivity contribution is 5.92. The number of amides is 1. The van der Waals surface area contributed by atoms with Crippen LogP contribution >= 0.6 is 0 Å². The highest BCUT2D eigenvalue weighted by Gasteiger charge is 2.14. The van der Waals surface area contributed by atoms with E-state index in [9.17, 15) is 4.79 Å². The van der Waals surface area contributed by atoms with Crippen LogP contribution in [-0.4, -0.2) is 34.8 Å². The number of aromatic nitrogens is 3. The van der Waals surface area contributed by atoms with Gasteiger partial charge < -0.3 is 14.8 Å². The maximum absolute atomic E-state index is 12.4. The van der Waals surface area contributed by atoms with Crippen molar-refractivity contribution >= 4 is 11.6 Å². The zero-order valence-electron chi connectivity index (χ0n) is 15.0. The van der Waals surface area contributed by atoms with Crippen LogP contribution in [0.1, 0.15) is 17.0 Å². The summed E-state index contributed by atoms with van der Waals surface area (Å²) in [6, 6.07) is 13.4. The predicted octanol–water partition coefficient (Wildman–Crippen LogP) is 2.73. The monoisotopic (exact) mass is 364 g/mol. The summed E-state index contributed by atoms with van der Waals surface area (Å²) in [5.41, 5.74) is 3.65. The number of aromatic amines is 1. The zero-order valence-corrected chi connectivity index (χ0v) is 15.0. The molecule has 0 saturated carbocycles. The molecule has 0 radical (unpaired) electrons. The molecule has 7 heteroatoms. The van der Waals surface area contributed by atoms with E-state index in [2.05, 4.69) is 20.5 Å². The number of nitrogens with zero attached hydrogens (tertiary/aromatic N) is 2. The first-order valence-electron chi connectivity index (χ1n) is 8.76. The van der Waals surface area contributed by atoms with Gasteiger partial charge in [-0.05, 0) is 29.3 Å². The van der Waals surface area contributed by atoms with Crippen LogP contribution in [0.25, 0.3) is 11.4 Å². The maximum atomic E-state index is 12.4. The summed E-state index contributed by atoms with van der Waals surface area (Å²) >= 11 is 0. The Kier molecular flexibility index (Phi) is 4.84. The van der Waals surface area contributed by atoms with Crippen molar-refractivity contribution < 1.29 is 14.3 Å². The lowest BCUT2D eigenvalue weighted by Gasteiger charge is -2.07. The van der Waals surface area contributed by atoms with Gasteiger partial charge in [0.05, 0.1) is 13.0 Å². The number of carbonyl (C=O) groups is 1. The number of hydrogen-bond acceptors (Lipinski definition) is 5. The molecule has 7 nitrogen and oxygen atoms in total. The lowest BCUT2D eigenvalue weighted by molar-refractivity contribution is -0.115. The van der Waals surface area contributed by atoms with Crippen LogP contribution in [0.5, 0.6) is 5.75 Å². The van der Waals surface area contributed by atoms with Crippen LogP contribution in [0.15, 0.2) is 42.5 Å². The molecule has 27 heavy (non-hydrogen) atoms. The second-order valence-corrected chi connectivity index (χ2v) is 6.39. The van der Waals surface area contributed by atoms with Gasteiger partial charge >= 0.3 is 0 Å². The van der Waals surface area contributed by atoms with Gasteiger partial charge in [-0.25, -0.2) is 4.98 Å². The molecule has 1 amide bonds. The van der Waals surface area contributed by atoms with Crippen LogP contribution < -0.4 is 10.1 Å². The summed E-state index contributed by atoms with van der Waals surface area (Å²) in [6.45, 7) is 1.08. The van der Waals surface area contributed by atoms with Gasteiger partial charge in [0.25, 0.3) is 0 Å². The molecule has 2 heterocycles. The number of ether oxygens (including phenoxy) is 2. The van der Waals surface area contributed by atoms with Gasteiger partial charge in [-0.15, -0.1) is 0 Å². The minimum Gasteiger partial charge on any atom is -0.493 e. The Hall–Kier alpha value is -3.19. The van der Waals surface area contributed by atoms with Crippen LogP contribution in [0, 0.1) is 0 Å². The van der Waals surface area contributed by atoms with Gasteiger partial charge in [0.15, 0.2) is 11.6 Å². The van der Waals surface area contributed by atoms with Crippen molar-refractivity contribution in [1.29, 1.82) is 0 Å². The van der Waals surface area contributed by atoms with E-state index in [1.807, 2.05) is 42.5 Å². The molecule has 0 saturated heterocycles. The van der Waals surface area contributed by atoms with Crippen LogP contribution in [0.3, 0.4) is 0 Å². The van der Waals surface area contributed by atoms with Crippen molar-refractivity contribution in [2.75, 3.05) is 19.0 Å². The van der Waals surface area contributed by atoms with Crippen molar-refractivity contribution in [3.63, 3.8) is 0 Å². The van der Waals surface area contributed by atoms with E-state index >= 15 is 0 Å². The van der Waals surface area contributed by atoms with E-state index in [0.717, 1.165) is 23.3 Å². The fourth-order valence-corrected chi connectivity index (χ4v) is 3.07. The molecule has 0 fully saturated rings. The van der Waals surface area contributed by atoms with E-state index in [1.54, 1.807) is 7.11 Å². The number of fused-ring (bicyclic) bond motifs is 1. The Bertz CT molecular complexity index is 967. The Morgan fingerprint density at radius 3 is 3.11 bits per heavy atom. The summed E-state index contributed by atoms with van der Waals surface area (Å²) in [6.07, 6.45) is 1.22. The number of carbonyl (C=O) groups excluding carboxylic acids is 1. The lowest BCUT2D eigenvalue weighted by Crippen LogP contribution is -2.14. The summed E-state index contributed by atoms with van der Waals surface area (Å²) in [5.74, 6) is 2.02. The minimum atomic E-state index is -0.0832. The van der Waals surface area contributed by atoms with Gasteiger partial charge in [0.2, 0.25) is 5.91 Å². The summed E-state index contributed by atoms with van der Waals surface area (Å²) in [7, 11) is 1.60. The van der Waals surface area contributed by atoms with E-state index < -0.39 is 0 Å². The third-order valence-corrected chi connectivity index (χ3v) is 4.34. The Balaban J connectivity index is 1.43. The fourth-order valence-electron chi connectivity index (χ4n) is 3.07. The number of anilines is 1. The van der Waals surface area contributed by atoms with Crippen LogP contribution in [-0.2, 0) is 29.0 Å². The quantitative estimate of drug-likeness (QED) is 0.702. The largest absolute Gasteiger partial charge is 0.493 e. The second kappa shape index (κ2) is 7.59. The molecule has 1 aliphatic heterocycles. The Labute approximate surface area is 156 Å². The summed E-state index contributed by atoms with van der Waals surface area (Å²) in [5, 5.41) is 9.95. The van der Waals surface area contributed by atoms with Gasteiger partial charge in [0, 0.05) is 24.8 Å². The number of hydrogen-bond donors (Lipinski definition) is 2. The Morgan fingerprint density at radius 2 is 2.22 bits per heavy atom. The molecule has 0 bridgehead atoms. The molecule has 138 valence electrons. The van der Waals surface area contributed by atoms with E-state index in [0.29, 0.717) is 37.0 Å². The average Bonchev–Trinajstić information content (AvgIpc) is 3.31. The van der Waals surface area contributed by atoms with Gasteiger partial charge in [-0.2, -0.15) is 5.10 Å². The molecule has 0 aliphatic carbocycles. The van der Waals surface area contributed by atoms with Crippen LogP contribution in [0.4, 0.5) is 5.69 Å². The standard InChI is InChI=1S/C20H20N4O3/c1-26-12-18-22-20(24-23-18)15-3-2-4-16(11-15)21-19(25)10-13-5-6-14-7-8-27-17(14)9-13/h2-6,9,11H,7-8,10,12H2,1H3,(H,21,25)(H,22,23,24). The first-order chi connectivity index (χ1) is 13.2. The summed E-state index contributed by atoms with van der Waals surface area (Å²) < 4.78 is 10.6. The average molecular weight is 364 g/mol. The molecule has 1 aliphatic rings. The molecule has 0 unspecified atom stereocenters. The molecular weight excluding hydrogens is 344 g/mol. The number of nitrogens with one attached hydrogen (secondary N) is 2. The number of methoxy groups -OCH3 is 1. The lowest BCUT2D eigenvalue weighted by atomic mass is 10.1. The number of H-pyrrole nitrogens is 1. The normalized spacial score (nSPS) is 12.5. The number of rotatable bonds is 6. The Morgan fingerprint density at radius 1 is 1.30 bits per heavy atom. The first kappa shape index (κ1) is 17.2. The third kappa shape index (κ3) is 3.98. The van der Waals surface area contributed by atoms with Crippen molar-refractivity contribution in [2.24, 2.45) is 0 Å². The molecule has 0 atom stereocenters. The molecule has 1 aromatic heterocycles. The maximum Gasteiger partial charge on any atom is 0.228 e. The second-order valence-electron chi connectivity index (χ2n) is 6.39. The predicted molar refractivity (Wildman–Crippen MR) is 101 cm³/mol. The van der Waals surface area contributed by atoms with E-state index in [-0.39, 0.29) is 5.91 Å². The van der Waals surface area contributed by atoms with Gasteiger partial charge in [0.1, 0.15) is 12.4 Å². The van der Waals surface area contributed by atoms with Gasteiger partial charge in [-0.3, -0.25) is 9.89 Å². The highest BCUT2D eigenvalue weighted by Crippen LogP contribution is 2.26. The molecule has 2 aromatic carbocycles.